The molecule has 0 N–H and O–H groups in total. The highest BCUT2D eigenvalue weighted by atomic mass is 79.9. The van der Waals surface area contributed by atoms with Crippen molar-refractivity contribution in [2.45, 2.75) is 6.92 Å². The molecule has 0 unspecified atom stereocenters. The molecule has 0 atom stereocenters. The number of hydrogen-bond acceptors (Lipinski definition) is 3. The monoisotopic (exact) mass is 265 g/mol. The van der Waals surface area contributed by atoms with Crippen LogP contribution in [-0.2, 0) is 0 Å². The Kier molecular flexibility index (Phi) is 2.64. The summed E-state index contributed by atoms with van der Waals surface area (Å²) in [6, 6.07) is 7.64. The molecule has 5 heteroatoms. The third-order valence-corrected chi connectivity index (χ3v) is 2.79. The van der Waals surface area contributed by atoms with Crippen molar-refractivity contribution in [1.82, 2.24) is 15.0 Å². The van der Waals surface area contributed by atoms with Gasteiger partial charge in [-0.1, -0.05) is 17.3 Å². The number of hydrogen-bond donors (Lipinski definition) is 0. The molecule has 0 aliphatic heterocycles. The summed E-state index contributed by atoms with van der Waals surface area (Å²) in [6.45, 7) is 1.81. The highest BCUT2D eigenvalue weighted by molar-refractivity contribution is 9.10. The van der Waals surface area contributed by atoms with E-state index in [0.29, 0.717) is 12.0 Å². The maximum Gasteiger partial charge on any atom is 0.172 e. The Hall–Kier alpha value is -1.49. The first-order valence-electron chi connectivity index (χ1n) is 4.36. The smallest absolute Gasteiger partial charge is 0.172 e. The van der Waals surface area contributed by atoms with Gasteiger partial charge in [0, 0.05) is 4.47 Å². The number of rotatable bonds is 2. The van der Waals surface area contributed by atoms with Gasteiger partial charge in [-0.15, -0.1) is 5.10 Å². The molecule has 1 heterocycles. The van der Waals surface area contributed by atoms with Crippen LogP contribution in [0.4, 0.5) is 0 Å². The van der Waals surface area contributed by atoms with Gasteiger partial charge < -0.3 is 0 Å². The molecule has 15 heavy (non-hydrogen) atoms. The van der Waals surface area contributed by atoms with Gasteiger partial charge in [0.15, 0.2) is 6.29 Å². The lowest BCUT2D eigenvalue weighted by atomic mass is 10.3. The zero-order valence-electron chi connectivity index (χ0n) is 8.01. The standard InChI is InChI=1S/C10H8BrN3O/c1-7-9(6-15)12-13-14(7)10-5-3-2-4-8(10)11/h2-6H,1H3. The number of halogens is 1. The van der Waals surface area contributed by atoms with Crippen LogP contribution in [0, 0.1) is 6.92 Å². The van der Waals surface area contributed by atoms with Gasteiger partial charge in [-0.05, 0) is 35.0 Å². The van der Waals surface area contributed by atoms with Crippen molar-refractivity contribution in [3.63, 3.8) is 0 Å². The first-order valence-corrected chi connectivity index (χ1v) is 5.15. The predicted molar refractivity (Wildman–Crippen MR) is 59.2 cm³/mol. The Balaban J connectivity index is 2.59. The van der Waals surface area contributed by atoms with Gasteiger partial charge >= 0.3 is 0 Å². The van der Waals surface area contributed by atoms with Gasteiger partial charge in [0.25, 0.3) is 0 Å². The molecule has 0 spiro atoms. The number of carbonyl (C=O) groups excluding carboxylic acids is 1. The second-order valence-corrected chi connectivity index (χ2v) is 3.90. The Morgan fingerprint density at radius 3 is 2.73 bits per heavy atom. The van der Waals surface area contributed by atoms with Crippen molar-refractivity contribution in [2.24, 2.45) is 0 Å². The lowest BCUT2D eigenvalue weighted by Crippen LogP contribution is -2.00. The van der Waals surface area contributed by atoms with E-state index in [4.69, 9.17) is 0 Å². The van der Waals surface area contributed by atoms with E-state index in [1.54, 1.807) is 4.68 Å². The number of nitrogens with zero attached hydrogens (tertiary/aromatic N) is 3. The van der Waals surface area contributed by atoms with Crippen molar-refractivity contribution >= 4 is 22.2 Å². The summed E-state index contributed by atoms with van der Waals surface area (Å²) >= 11 is 3.42. The number of aldehydes is 1. The van der Waals surface area contributed by atoms with Gasteiger partial charge in [0.2, 0.25) is 0 Å². The van der Waals surface area contributed by atoms with Gasteiger partial charge in [0.05, 0.1) is 11.4 Å². The second-order valence-electron chi connectivity index (χ2n) is 3.04. The molecular weight excluding hydrogens is 258 g/mol. The third kappa shape index (κ3) is 1.70. The zero-order chi connectivity index (χ0) is 10.8. The van der Waals surface area contributed by atoms with Crippen LogP contribution in [0.3, 0.4) is 0 Å². The Bertz CT molecular complexity index is 507. The molecule has 0 amide bonds. The van der Waals surface area contributed by atoms with E-state index in [0.717, 1.165) is 15.9 Å². The first kappa shape index (κ1) is 10.0. The molecule has 76 valence electrons. The minimum Gasteiger partial charge on any atom is -0.296 e. The van der Waals surface area contributed by atoms with E-state index in [2.05, 4.69) is 26.2 Å². The van der Waals surface area contributed by atoms with Gasteiger partial charge in [-0.2, -0.15) is 0 Å². The van der Waals surface area contributed by atoms with Crippen LogP contribution in [-0.4, -0.2) is 21.3 Å². The Labute approximate surface area is 95.0 Å². The predicted octanol–water partition coefficient (Wildman–Crippen LogP) is 2.15. The highest BCUT2D eigenvalue weighted by Crippen LogP contribution is 2.21. The molecule has 2 aromatic rings. The third-order valence-electron chi connectivity index (χ3n) is 2.12. The minimum atomic E-state index is 0.366. The Morgan fingerprint density at radius 2 is 2.13 bits per heavy atom. The summed E-state index contributed by atoms with van der Waals surface area (Å²) in [5.74, 6) is 0. The molecule has 0 radical (unpaired) electrons. The summed E-state index contributed by atoms with van der Waals surface area (Å²) in [6.07, 6.45) is 0.704. The fourth-order valence-electron chi connectivity index (χ4n) is 1.30. The average molecular weight is 266 g/mol. The number of para-hydroxylation sites is 1. The largest absolute Gasteiger partial charge is 0.296 e. The van der Waals surface area contributed by atoms with Crippen molar-refractivity contribution in [3.05, 3.63) is 40.1 Å². The van der Waals surface area contributed by atoms with Crippen LogP contribution in [0.1, 0.15) is 16.2 Å². The minimum absolute atomic E-state index is 0.366. The SMILES string of the molecule is Cc1c(C=O)nnn1-c1ccccc1Br. The van der Waals surface area contributed by atoms with E-state index >= 15 is 0 Å². The van der Waals surface area contributed by atoms with Gasteiger partial charge in [-0.3, -0.25) is 4.79 Å². The maximum absolute atomic E-state index is 10.6. The summed E-state index contributed by atoms with van der Waals surface area (Å²) in [5, 5.41) is 7.70. The van der Waals surface area contributed by atoms with E-state index < -0.39 is 0 Å². The van der Waals surface area contributed by atoms with Gasteiger partial charge in [0.1, 0.15) is 5.69 Å². The average Bonchev–Trinajstić information content (AvgIpc) is 2.60. The topological polar surface area (TPSA) is 47.8 Å². The van der Waals surface area contributed by atoms with E-state index in [1.165, 1.54) is 0 Å². The van der Waals surface area contributed by atoms with Crippen LogP contribution in [0.25, 0.3) is 5.69 Å². The van der Waals surface area contributed by atoms with Crippen molar-refractivity contribution in [2.75, 3.05) is 0 Å². The molecule has 1 aromatic heterocycles. The van der Waals surface area contributed by atoms with Crippen LogP contribution in [0.5, 0.6) is 0 Å². The molecule has 1 aromatic carbocycles. The highest BCUT2D eigenvalue weighted by Gasteiger charge is 2.10. The van der Waals surface area contributed by atoms with Gasteiger partial charge in [-0.25, -0.2) is 4.68 Å². The number of carbonyl (C=O) groups is 1. The Morgan fingerprint density at radius 1 is 1.40 bits per heavy atom. The van der Waals surface area contributed by atoms with E-state index in [9.17, 15) is 4.79 Å². The summed E-state index contributed by atoms with van der Waals surface area (Å²) in [4.78, 5) is 10.6. The fraction of sp³-hybridized carbons (Fsp3) is 0.100. The normalized spacial score (nSPS) is 10.3. The fourth-order valence-corrected chi connectivity index (χ4v) is 1.75. The first-order chi connectivity index (χ1) is 7.24. The zero-order valence-corrected chi connectivity index (χ0v) is 9.60. The summed E-state index contributed by atoms with van der Waals surface area (Å²) in [7, 11) is 0. The second kappa shape index (κ2) is 3.94. The molecule has 0 aliphatic carbocycles. The van der Waals surface area contributed by atoms with Crippen LogP contribution in [0.15, 0.2) is 28.7 Å². The molecular formula is C10H8BrN3O. The molecule has 4 nitrogen and oxygen atoms in total. The van der Waals surface area contributed by atoms with E-state index in [-0.39, 0.29) is 0 Å². The lowest BCUT2D eigenvalue weighted by Gasteiger charge is -2.04. The van der Waals surface area contributed by atoms with E-state index in [1.807, 2.05) is 31.2 Å². The molecule has 2 rings (SSSR count). The van der Waals surface area contributed by atoms with Crippen LogP contribution >= 0.6 is 15.9 Å². The summed E-state index contributed by atoms with van der Waals surface area (Å²) < 4.78 is 2.55. The molecule has 0 fully saturated rings. The summed E-state index contributed by atoms with van der Waals surface area (Å²) in [5.41, 5.74) is 1.97. The maximum atomic E-state index is 10.6. The quantitative estimate of drug-likeness (QED) is 0.782. The van der Waals surface area contributed by atoms with Crippen molar-refractivity contribution in [3.8, 4) is 5.69 Å². The molecule has 0 saturated carbocycles. The lowest BCUT2D eigenvalue weighted by molar-refractivity contribution is 0.111. The van der Waals surface area contributed by atoms with Crippen LogP contribution < -0.4 is 0 Å². The molecule has 0 aliphatic rings. The molecule has 0 saturated heterocycles. The van der Waals surface area contributed by atoms with Crippen LogP contribution in [0.2, 0.25) is 0 Å². The van der Waals surface area contributed by atoms with Crippen molar-refractivity contribution in [1.29, 1.82) is 0 Å². The molecule has 0 bridgehead atoms. The van der Waals surface area contributed by atoms with Crippen molar-refractivity contribution < 1.29 is 4.79 Å². The number of aromatic nitrogens is 3. The number of benzene rings is 1.